The Morgan fingerprint density at radius 3 is 2.69 bits per heavy atom. The fourth-order valence-electron chi connectivity index (χ4n) is 1.51. The van der Waals surface area contributed by atoms with Crippen molar-refractivity contribution in [1.82, 2.24) is 5.32 Å². The molecule has 74 valence electrons. The van der Waals surface area contributed by atoms with Crippen molar-refractivity contribution >= 4 is 6.09 Å². The number of rotatable bonds is 1. The van der Waals surface area contributed by atoms with Crippen LogP contribution in [0.5, 0.6) is 0 Å². The van der Waals surface area contributed by atoms with Gasteiger partial charge >= 0.3 is 6.09 Å². The number of alkyl carbamates (subject to hydrolysis) is 1. The van der Waals surface area contributed by atoms with Crippen LogP contribution in [0.25, 0.3) is 0 Å². The molecule has 5 nitrogen and oxygen atoms in total. The number of carbonyl (C=O) groups excluding carboxylic acids is 1. The molecule has 0 spiro atoms. The Hall–Kier alpha value is -0.810. The van der Waals surface area contributed by atoms with Gasteiger partial charge in [-0.1, -0.05) is 0 Å². The fraction of sp³-hybridized carbons (Fsp3) is 0.875. The summed E-state index contributed by atoms with van der Waals surface area (Å²) in [6.07, 6.45) is -0.472. The summed E-state index contributed by atoms with van der Waals surface area (Å²) in [5.41, 5.74) is 0. The van der Waals surface area contributed by atoms with Gasteiger partial charge in [-0.05, 0) is 13.8 Å². The zero-order chi connectivity index (χ0) is 9.47. The van der Waals surface area contributed by atoms with Crippen LogP contribution >= 0.6 is 0 Å². The van der Waals surface area contributed by atoms with Gasteiger partial charge < -0.3 is 19.5 Å². The molecular formula is C8H13NO4. The summed E-state index contributed by atoms with van der Waals surface area (Å²) in [5.74, 6) is -0.544. The number of carbonyl (C=O) groups is 1. The van der Waals surface area contributed by atoms with E-state index in [2.05, 4.69) is 5.32 Å². The zero-order valence-corrected chi connectivity index (χ0v) is 7.70. The topological polar surface area (TPSA) is 56.8 Å². The standard InChI is InChI=1S/C8H13NO4/c1-8(2)12-4-6(13-8)5-3-11-7(10)9-5/h5-6H,3-4H2,1-2H3,(H,9,10)/t5-,6-/m1/s1. The van der Waals surface area contributed by atoms with E-state index in [0.29, 0.717) is 13.2 Å². The highest BCUT2D eigenvalue weighted by Gasteiger charge is 2.40. The zero-order valence-electron chi connectivity index (χ0n) is 7.70. The highest BCUT2D eigenvalue weighted by molar-refractivity contribution is 5.69. The van der Waals surface area contributed by atoms with Crippen LogP contribution < -0.4 is 5.32 Å². The number of hydrogen-bond donors (Lipinski definition) is 1. The SMILES string of the molecule is CC1(C)OC[C@H]([C@H]2COC(=O)N2)O1. The van der Waals surface area contributed by atoms with Crippen LogP contribution in [0.4, 0.5) is 4.79 Å². The lowest BCUT2D eigenvalue weighted by Gasteiger charge is -2.19. The molecule has 0 unspecified atom stereocenters. The number of nitrogens with one attached hydrogen (secondary N) is 1. The Morgan fingerprint density at radius 1 is 1.46 bits per heavy atom. The van der Waals surface area contributed by atoms with Gasteiger partial charge in [-0.15, -0.1) is 0 Å². The molecule has 0 aromatic carbocycles. The summed E-state index contributed by atoms with van der Waals surface area (Å²) in [4.78, 5) is 10.7. The molecule has 13 heavy (non-hydrogen) atoms. The summed E-state index contributed by atoms with van der Waals surface area (Å²) in [7, 11) is 0. The number of cyclic esters (lactones) is 1. The van der Waals surface area contributed by atoms with Gasteiger partial charge in [0, 0.05) is 0 Å². The molecule has 2 fully saturated rings. The molecular weight excluding hydrogens is 174 g/mol. The second-order valence-corrected chi connectivity index (χ2v) is 3.72. The van der Waals surface area contributed by atoms with E-state index < -0.39 is 5.79 Å². The van der Waals surface area contributed by atoms with Gasteiger partial charge in [-0.2, -0.15) is 0 Å². The van der Waals surface area contributed by atoms with Crippen molar-refractivity contribution < 1.29 is 19.0 Å². The van der Waals surface area contributed by atoms with Crippen LogP contribution in [0, 0.1) is 0 Å². The Labute approximate surface area is 76.3 Å². The van der Waals surface area contributed by atoms with Gasteiger partial charge in [0.05, 0.1) is 12.6 Å². The van der Waals surface area contributed by atoms with E-state index in [9.17, 15) is 4.79 Å². The lowest BCUT2D eigenvalue weighted by molar-refractivity contribution is -0.141. The van der Waals surface area contributed by atoms with Crippen LogP contribution in [0.3, 0.4) is 0 Å². The van der Waals surface area contributed by atoms with Crippen molar-refractivity contribution in [2.75, 3.05) is 13.2 Å². The largest absolute Gasteiger partial charge is 0.447 e. The van der Waals surface area contributed by atoms with Gasteiger partial charge in [0.15, 0.2) is 5.79 Å². The molecule has 0 radical (unpaired) electrons. The molecule has 2 rings (SSSR count). The fourth-order valence-corrected chi connectivity index (χ4v) is 1.51. The summed E-state index contributed by atoms with van der Waals surface area (Å²) >= 11 is 0. The molecule has 2 heterocycles. The Morgan fingerprint density at radius 2 is 2.23 bits per heavy atom. The molecule has 2 aliphatic heterocycles. The van der Waals surface area contributed by atoms with E-state index in [1.165, 1.54) is 0 Å². The van der Waals surface area contributed by atoms with Crippen LogP contribution in [0.1, 0.15) is 13.8 Å². The first-order valence-corrected chi connectivity index (χ1v) is 4.32. The average molecular weight is 187 g/mol. The first-order valence-electron chi connectivity index (χ1n) is 4.32. The highest BCUT2D eigenvalue weighted by atomic mass is 16.7. The minimum atomic E-state index is -0.544. The summed E-state index contributed by atoms with van der Waals surface area (Å²) in [5, 5.41) is 2.67. The summed E-state index contributed by atoms with van der Waals surface area (Å²) < 4.78 is 15.7. The predicted molar refractivity (Wildman–Crippen MR) is 43.2 cm³/mol. The first kappa shape index (κ1) is 8.77. The van der Waals surface area contributed by atoms with Gasteiger partial charge in [0.25, 0.3) is 0 Å². The number of hydrogen-bond acceptors (Lipinski definition) is 4. The Bertz CT molecular complexity index is 228. The molecule has 0 bridgehead atoms. The van der Waals surface area contributed by atoms with Gasteiger partial charge in [0.2, 0.25) is 0 Å². The summed E-state index contributed by atoms with van der Waals surface area (Å²) in [6, 6.07) is -0.0747. The molecule has 1 amide bonds. The maximum Gasteiger partial charge on any atom is 0.407 e. The van der Waals surface area contributed by atoms with E-state index in [1.807, 2.05) is 13.8 Å². The van der Waals surface area contributed by atoms with E-state index in [1.54, 1.807) is 0 Å². The molecule has 1 N–H and O–H groups in total. The van der Waals surface area contributed by atoms with E-state index >= 15 is 0 Å². The lowest BCUT2D eigenvalue weighted by atomic mass is 10.2. The minimum Gasteiger partial charge on any atom is -0.447 e. The van der Waals surface area contributed by atoms with Crippen molar-refractivity contribution in [3.8, 4) is 0 Å². The number of ether oxygens (including phenoxy) is 3. The first-order chi connectivity index (χ1) is 6.07. The molecule has 0 aromatic heterocycles. The maximum atomic E-state index is 10.7. The van der Waals surface area contributed by atoms with E-state index in [4.69, 9.17) is 14.2 Å². The van der Waals surface area contributed by atoms with Gasteiger partial charge in [0.1, 0.15) is 12.7 Å². The van der Waals surface area contributed by atoms with Gasteiger partial charge in [-0.3, -0.25) is 0 Å². The van der Waals surface area contributed by atoms with Crippen LogP contribution in [-0.4, -0.2) is 37.2 Å². The van der Waals surface area contributed by atoms with E-state index in [-0.39, 0.29) is 18.2 Å². The maximum absolute atomic E-state index is 10.7. The molecule has 0 saturated carbocycles. The van der Waals surface area contributed by atoms with Crippen molar-refractivity contribution in [2.45, 2.75) is 31.8 Å². The molecule has 0 aliphatic carbocycles. The molecule has 5 heteroatoms. The molecule has 2 saturated heterocycles. The third-order valence-corrected chi connectivity index (χ3v) is 2.18. The third kappa shape index (κ3) is 1.76. The van der Waals surface area contributed by atoms with Crippen LogP contribution in [0.15, 0.2) is 0 Å². The minimum absolute atomic E-state index is 0.0747. The number of amides is 1. The quantitative estimate of drug-likeness (QED) is 0.639. The smallest absolute Gasteiger partial charge is 0.407 e. The monoisotopic (exact) mass is 187 g/mol. The van der Waals surface area contributed by atoms with Gasteiger partial charge in [-0.25, -0.2) is 4.79 Å². The normalized spacial score (nSPS) is 37.2. The lowest BCUT2D eigenvalue weighted by Crippen LogP contribution is -2.40. The van der Waals surface area contributed by atoms with Crippen molar-refractivity contribution in [2.24, 2.45) is 0 Å². The second kappa shape index (κ2) is 2.85. The van der Waals surface area contributed by atoms with Crippen molar-refractivity contribution in [3.05, 3.63) is 0 Å². The predicted octanol–water partition coefficient (Wildman–Crippen LogP) is 0.246. The molecule has 0 aromatic rings. The summed E-state index contributed by atoms with van der Waals surface area (Å²) in [6.45, 7) is 4.57. The highest BCUT2D eigenvalue weighted by Crippen LogP contribution is 2.25. The van der Waals surface area contributed by atoms with Crippen molar-refractivity contribution in [3.63, 3.8) is 0 Å². The van der Waals surface area contributed by atoms with E-state index in [0.717, 1.165) is 0 Å². The van der Waals surface area contributed by atoms with Crippen molar-refractivity contribution in [1.29, 1.82) is 0 Å². The second-order valence-electron chi connectivity index (χ2n) is 3.72. The van der Waals surface area contributed by atoms with Crippen LogP contribution in [0.2, 0.25) is 0 Å². The molecule has 2 atom stereocenters. The average Bonchev–Trinajstić information content (AvgIpc) is 2.56. The third-order valence-electron chi connectivity index (χ3n) is 2.18. The van der Waals surface area contributed by atoms with Crippen LogP contribution in [-0.2, 0) is 14.2 Å². The Balaban J connectivity index is 1.93. The molecule has 2 aliphatic rings. The Kier molecular flexibility index (Phi) is 1.92.